The van der Waals surface area contributed by atoms with E-state index < -0.39 is 71.8 Å². The second kappa shape index (κ2) is 20.9. The Bertz CT molecular complexity index is 1050. The normalized spacial score (nSPS) is 16.2. The Balaban J connectivity index is 6.02. The van der Waals surface area contributed by atoms with Crippen LogP contribution in [0.4, 0.5) is 0 Å². The van der Waals surface area contributed by atoms with E-state index in [0.717, 1.165) is 0 Å². The molecule has 0 unspecified atom stereocenters. The summed E-state index contributed by atoms with van der Waals surface area (Å²) < 4.78 is 0. The van der Waals surface area contributed by atoms with Gasteiger partial charge < -0.3 is 37.4 Å². The van der Waals surface area contributed by atoms with Gasteiger partial charge in [0.05, 0.1) is 6.04 Å². The molecule has 8 N–H and O–H groups in total. The highest BCUT2D eigenvalue weighted by Gasteiger charge is 2.36. The fourth-order valence-corrected chi connectivity index (χ4v) is 5.06. The third kappa shape index (κ3) is 16.0. The standard InChI is InChI=1S/C34H64N6O7/c1-13-22(12)28(33(45)37-25(34(46)47)16-19(6)7)40-30(42)24(15-18(4)5)36-31(43)26(20(8)9)39-32(44)27(21(10)11)38-29(41)23(35)14-17(2)3/h17-28H,13-16,35H2,1-12H3,(H,36,43)(H,37,45)(H,38,41)(H,39,44)(H,40,42)(H,46,47)/t22-,23-,24-,25-,26-,27-,28-/m0/s1. The first-order valence-electron chi connectivity index (χ1n) is 17.1. The van der Waals surface area contributed by atoms with Gasteiger partial charge >= 0.3 is 5.97 Å². The van der Waals surface area contributed by atoms with Crippen LogP contribution >= 0.6 is 0 Å². The van der Waals surface area contributed by atoms with E-state index in [1.165, 1.54) is 0 Å². The molecule has 0 aliphatic heterocycles. The average Bonchev–Trinajstić information content (AvgIpc) is 2.94. The lowest BCUT2D eigenvalue weighted by atomic mass is 9.95. The molecule has 0 aromatic heterocycles. The quantitative estimate of drug-likeness (QED) is 0.0963. The first kappa shape index (κ1) is 43.8. The maximum atomic E-state index is 13.7. The molecule has 0 aliphatic carbocycles. The van der Waals surface area contributed by atoms with Gasteiger partial charge in [-0.1, -0.05) is 89.5 Å². The average molecular weight is 669 g/mol. The van der Waals surface area contributed by atoms with Crippen molar-refractivity contribution in [2.75, 3.05) is 0 Å². The van der Waals surface area contributed by atoms with Crippen molar-refractivity contribution in [1.29, 1.82) is 0 Å². The van der Waals surface area contributed by atoms with Gasteiger partial charge in [0.15, 0.2) is 0 Å². The lowest BCUT2D eigenvalue weighted by molar-refractivity contribution is -0.143. The molecule has 0 saturated carbocycles. The maximum Gasteiger partial charge on any atom is 0.326 e. The molecule has 0 rings (SSSR count). The predicted octanol–water partition coefficient (Wildman–Crippen LogP) is 2.32. The van der Waals surface area contributed by atoms with Crippen LogP contribution in [-0.4, -0.2) is 76.9 Å². The number of rotatable bonds is 21. The minimum atomic E-state index is -1.16. The van der Waals surface area contributed by atoms with Gasteiger partial charge in [-0.15, -0.1) is 0 Å². The summed E-state index contributed by atoms with van der Waals surface area (Å²) in [4.78, 5) is 78.5. The highest BCUT2D eigenvalue weighted by molar-refractivity contribution is 5.96. The predicted molar refractivity (Wildman–Crippen MR) is 183 cm³/mol. The zero-order valence-electron chi connectivity index (χ0n) is 30.7. The van der Waals surface area contributed by atoms with Crippen molar-refractivity contribution in [2.24, 2.45) is 41.2 Å². The topological polar surface area (TPSA) is 209 Å². The fourth-order valence-electron chi connectivity index (χ4n) is 5.06. The Morgan fingerprint density at radius 3 is 1.28 bits per heavy atom. The summed E-state index contributed by atoms with van der Waals surface area (Å²) >= 11 is 0. The minimum absolute atomic E-state index is 0.0163. The van der Waals surface area contributed by atoms with E-state index in [1.807, 2.05) is 48.5 Å². The van der Waals surface area contributed by atoms with Crippen LogP contribution < -0.4 is 32.3 Å². The summed E-state index contributed by atoms with van der Waals surface area (Å²) in [6.07, 6.45) is 1.45. The highest BCUT2D eigenvalue weighted by Crippen LogP contribution is 2.14. The molecule has 47 heavy (non-hydrogen) atoms. The van der Waals surface area contributed by atoms with E-state index in [1.54, 1.807) is 34.6 Å². The largest absolute Gasteiger partial charge is 0.480 e. The van der Waals surface area contributed by atoms with Gasteiger partial charge in [-0.25, -0.2) is 4.79 Å². The van der Waals surface area contributed by atoms with Crippen LogP contribution in [0.3, 0.4) is 0 Å². The first-order chi connectivity index (χ1) is 21.6. The van der Waals surface area contributed by atoms with Crippen LogP contribution in [0, 0.1) is 35.5 Å². The molecule has 0 heterocycles. The molecule has 13 heteroatoms. The Morgan fingerprint density at radius 1 is 0.511 bits per heavy atom. The number of hydrogen-bond acceptors (Lipinski definition) is 7. The summed E-state index contributed by atoms with van der Waals surface area (Å²) in [6, 6.07) is -5.95. The van der Waals surface area contributed by atoms with Crippen LogP contribution in [-0.2, 0) is 28.8 Å². The highest BCUT2D eigenvalue weighted by atomic mass is 16.4. The summed E-state index contributed by atoms with van der Waals surface area (Å²) in [6.45, 7) is 22.1. The number of carbonyl (C=O) groups excluding carboxylic acids is 5. The molecule has 272 valence electrons. The number of nitrogens with one attached hydrogen (secondary N) is 5. The Morgan fingerprint density at radius 2 is 0.872 bits per heavy atom. The molecule has 0 aliphatic rings. The molecule has 0 radical (unpaired) electrons. The molecule has 13 nitrogen and oxygen atoms in total. The van der Waals surface area contributed by atoms with E-state index in [-0.39, 0.29) is 48.3 Å². The van der Waals surface area contributed by atoms with E-state index in [9.17, 15) is 33.9 Å². The van der Waals surface area contributed by atoms with Gasteiger partial charge in [-0.3, -0.25) is 24.0 Å². The molecule has 0 fully saturated rings. The summed E-state index contributed by atoms with van der Waals surface area (Å²) in [5.41, 5.74) is 6.03. The molecule has 0 spiro atoms. The van der Waals surface area contributed by atoms with Crippen molar-refractivity contribution in [1.82, 2.24) is 26.6 Å². The third-order valence-electron chi connectivity index (χ3n) is 8.01. The van der Waals surface area contributed by atoms with Gasteiger partial charge in [0.1, 0.15) is 30.2 Å². The SMILES string of the molecule is CC[C@H](C)[C@H](NC(=O)[C@H](CC(C)C)NC(=O)[C@@H](NC(=O)[C@@H](NC(=O)[C@@H](N)CC(C)C)C(C)C)C(C)C)C(=O)N[C@@H](CC(C)C)C(=O)O. The van der Waals surface area contributed by atoms with Crippen molar-refractivity contribution in [3.63, 3.8) is 0 Å². The van der Waals surface area contributed by atoms with Gasteiger partial charge in [0.25, 0.3) is 0 Å². The first-order valence-corrected chi connectivity index (χ1v) is 17.1. The van der Waals surface area contributed by atoms with Crippen LogP contribution in [0.5, 0.6) is 0 Å². The van der Waals surface area contributed by atoms with E-state index in [0.29, 0.717) is 12.8 Å². The lowest BCUT2D eigenvalue weighted by Crippen LogP contribution is -2.61. The summed E-state index contributed by atoms with van der Waals surface area (Å²) in [5.74, 6) is -4.78. The monoisotopic (exact) mass is 668 g/mol. The summed E-state index contributed by atoms with van der Waals surface area (Å²) in [7, 11) is 0. The fraction of sp³-hybridized carbons (Fsp3) is 0.824. The zero-order valence-corrected chi connectivity index (χ0v) is 30.7. The molecular formula is C34H64N6O7. The minimum Gasteiger partial charge on any atom is -0.480 e. The Hall–Kier alpha value is -3.22. The summed E-state index contributed by atoms with van der Waals surface area (Å²) in [5, 5.41) is 23.2. The van der Waals surface area contributed by atoms with Crippen molar-refractivity contribution in [3.8, 4) is 0 Å². The van der Waals surface area contributed by atoms with Gasteiger partial charge in [-0.05, 0) is 54.8 Å². The van der Waals surface area contributed by atoms with Crippen LogP contribution in [0.2, 0.25) is 0 Å². The second-order valence-corrected chi connectivity index (χ2v) is 14.8. The van der Waals surface area contributed by atoms with Gasteiger partial charge in [0, 0.05) is 0 Å². The van der Waals surface area contributed by atoms with Crippen molar-refractivity contribution in [2.45, 2.75) is 145 Å². The smallest absolute Gasteiger partial charge is 0.326 e. The molecule has 5 amide bonds. The lowest BCUT2D eigenvalue weighted by Gasteiger charge is -2.31. The van der Waals surface area contributed by atoms with Crippen molar-refractivity contribution >= 4 is 35.5 Å². The Kier molecular flexibility index (Phi) is 19.5. The third-order valence-corrected chi connectivity index (χ3v) is 8.01. The molecule has 7 atom stereocenters. The molecule has 0 aromatic carbocycles. The molecular weight excluding hydrogens is 604 g/mol. The molecule has 0 aromatic rings. The van der Waals surface area contributed by atoms with Crippen molar-refractivity contribution < 1.29 is 33.9 Å². The van der Waals surface area contributed by atoms with E-state index in [4.69, 9.17) is 5.73 Å². The van der Waals surface area contributed by atoms with E-state index >= 15 is 0 Å². The number of carboxylic acids is 1. The zero-order chi connectivity index (χ0) is 36.8. The molecule has 0 saturated heterocycles. The Labute approximate surface area is 282 Å². The maximum absolute atomic E-state index is 13.7. The molecule has 0 bridgehead atoms. The van der Waals surface area contributed by atoms with Crippen LogP contribution in [0.25, 0.3) is 0 Å². The second-order valence-electron chi connectivity index (χ2n) is 14.8. The number of carboxylic acid groups (broad SMARTS) is 1. The number of nitrogens with two attached hydrogens (primary N) is 1. The number of aliphatic carboxylic acids is 1. The van der Waals surface area contributed by atoms with Crippen LogP contribution in [0.15, 0.2) is 0 Å². The van der Waals surface area contributed by atoms with Crippen LogP contribution in [0.1, 0.15) is 109 Å². The number of hydrogen-bond donors (Lipinski definition) is 7. The van der Waals surface area contributed by atoms with Gasteiger partial charge in [-0.2, -0.15) is 0 Å². The van der Waals surface area contributed by atoms with Crippen molar-refractivity contribution in [3.05, 3.63) is 0 Å². The number of carbonyl (C=O) groups is 6. The number of amides is 5. The van der Waals surface area contributed by atoms with Gasteiger partial charge in [0.2, 0.25) is 29.5 Å². The van der Waals surface area contributed by atoms with E-state index in [2.05, 4.69) is 26.6 Å².